The van der Waals surface area contributed by atoms with Crippen LogP contribution in [0.15, 0.2) is 18.2 Å². The number of carbonyl (C=O) groups is 1. The maximum Gasteiger partial charge on any atom is 0.238 e. The molecule has 1 heterocycles. The number of amides is 1. The first-order valence-corrected chi connectivity index (χ1v) is 6.51. The molecule has 2 rings (SSSR count). The number of benzene rings is 1. The van der Waals surface area contributed by atoms with E-state index in [-0.39, 0.29) is 24.4 Å². The van der Waals surface area contributed by atoms with Gasteiger partial charge in [-0.25, -0.2) is 0 Å². The van der Waals surface area contributed by atoms with Gasteiger partial charge in [0.15, 0.2) is 0 Å². The molecule has 1 unspecified atom stereocenters. The Balaban J connectivity index is 0.00000200. The van der Waals surface area contributed by atoms with E-state index in [9.17, 15) is 4.79 Å². The van der Waals surface area contributed by atoms with Crippen molar-refractivity contribution >= 4 is 24.0 Å². The van der Waals surface area contributed by atoms with E-state index in [1.807, 2.05) is 25.1 Å². The van der Waals surface area contributed by atoms with Crippen LogP contribution in [0, 0.1) is 6.92 Å². The summed E-state index contributed by atoms with van der Waals surface area (Å²) in [6.45, 7) is 4.04. The zero-order valence-electron chi connectivity index (χ0n) is 11.9. The predicted molar refractivity (Wildman–Crippen MR) is 82.6 cm³/mol. The second-order valence-electron chi connectivity index (χ2n) is 5.04. The minimum Gasteiger partial charge on any atom is -0.495 e. The van der Waals surface area contributed by atoms with Crippen LogP contribution in [0.25, 0.3) is 0 Å². The molecule has 3 N–H and O–H groups in total. The third-order valence-corrected chi connectivity index (χ3v) is 3.31. The van der Waals surface area contributed by atoms with Crippen molar-refractivity contribution in [3.63, 3.8) is 0 Å². The average molecular weight is 300 g/mol. The van der Waals surface area contributed by atoms with Gasteiger partial charge in [0, 0.05) is 19.1 Å². The van der Waals surface area contributed by atoms with Crippen LogP contribution in [-0.2, 0) is 4.79 Å². The van der Waals surface area contributed by atoms with Gasteiger partial charge in [-0.3, -0.25) is 9.69 Å². The van der Waals surface area contributed by atoms with Crippen molar-refractivity contribution in [3.05, 3.63) is 23.8 Å². The van der Waals surface area contributed by atoms with Crippen molar-refractivity contribution in [1.29, 1.82) is 0 Å². The number of nitrogens with one attached hydrogen (secondary N) is 1. The van der Waals surface area contributed by atoms with Crippen LogP contribution < -0.4 is 15.8 Å². The topological polar surface area (TPSA) is 67.6 Å². The largest absolute Gasteiger partial charge is 0.495 e. The van der Waals surface area contributed by atoms with Gasteiger partial charge in [-0.15, -0.1) is 12.4 Å². The Hall–Kier alpha value is -1.30. The molecule has 1 fully saturated rings. The SMILES string of the molecule is COc1ccc(C)cc1NC(=O)CN1CCC(N)C1.Cl. The van der Waals surface area contributed by atoms with E-state index in [2.05, 4.69) is 10.2 Å². The van der Waals surface area contributed by atoms with Crippen LogP contribution in [0.5, 0.6) is 5.75 Å². The van der Waals surface area contributed by atoms with E-state index in [0.29, 0.717) is 12.3 Å². The van der Waals surface area contributed by atoms with Gasteiger partial charge in [0.05, 0.1) is 19.3 Å². The second-order valence-corrected chi connectivity index (χ2v) is 5.04. The number of methoxy groups -OCH3 is 1. The lowest BCUT2D eigenvalue weighted by Gasteiger charge is -2.16. The molecule has 1 aromatic rings. The zero-order valence-corrected chi connectivity index (χ0v) is 12.7. The lowest BCUT2D eigenvalue weighted by Crippen LogP contribution is -2.33. The highest BCUT2D eigenvalue weighted by atomic mass is 35.5. The van der Waals surface area contributed by atoms with E-state index in [0.717, 1.165) is 30.8 Å². The summed E-state index contributed by atoms with van der Waals surface area (Å²) in [6.07, 6.45) is 0.959. The maximum atomic E-state index is 12.0. The summed E-state index contributed by atoms with van der Waals surface area (Å²) in [7, 11) is 1.60. The standard InChI is InChI=1S/C14H21N3O2.ClH/c1-10-3-4-13(19-2)12(7-10)16-14(18)9-17-6-5-11(15)8-17;/h3-4,7,11H,5-6,8-9,15H2,1-2H3,(H,16,18);1H. The molecule has 0 radical (unpaired) electrons. The Morgan fingerprint density at radius 1 is 1.55 bits per heavy atom. The van der Waals surface area contributed by atoms with Gasteiger partial charge in [-0.1, -0.05) is 6.07 Å². The Labute approximate surface area is 125 Å². The van der Waals surface area contributed by atoms with Crippen LogP contribution >= 0.6 is 12.4 Å². The third-order valence-electron chi connectivity index (χ3n) is 3.31. The van der Waals surface area contributed by atoms with Crippen molar-refractivity contribution in [2.45, 2.75) is 19.4 Å². The van der Waals surface area contributed by atoms with Crippen LogP contribution in [0.4, 0.5) is 5.69 Å². The number of carbonyl (C=O) groups excluding carboxylic acids is 1. The third kappa shape index (κ3) is 4.37. The molecule has 0 aromatic heterocycles. The van der Waals surface area contributed by atoms with Crippen molar-refractivity contribution in [3.8, 4) is 5.75 Å². The molecule has 1 saturated heterocycles. The van der Waals surface area contributed by atoms with Crippen molar-refractivity contribution in [1.82, 2.24) is 4.90 Å². The van der Waals surface area contributed by atoms with Gasteiger partial charge in [-0.2, -0.15) is 0 Å². The number of nitrogens with zero attached hydrogens (tertiary/aromatic N) is 1. The summed E-state index contributed by atoms with van der Waals surface area (Å²) >= 11 is 0. The number of anilines is 1. The Morgan fingerprint density at radius 2 is 2.30 bits per heavy atom. The van der Waals surface area contributed by atoms with Crippen molar-refractivity contribution < 1.29 is 9.53 Å². The smallest absolute Gasteiger partial charge is 0.238 e. The number of rotatable bonds is 4. The Bertz CT molecular complexity index is 468. The number of hydrogen-bond donors (Lipinski definition) is 2. The molecule has 1 aromatic carbocycles. The zero-order chi connectivity index (χ0) is 13.8. The number of nitrogens with two attached hydrogens (primary N) is 1. The van der Waals surface area contributed by atoms with Crippen LogP contribution in [0.2, 0.25) is 0 Å². The fourth-order valence-electron chi connectivity index (χ4n) is 2.32. The molecule has 1 atom stereocenters. The van der Waals surface area contributed by atoms with Crippen LogP contribution in [-0.4, -0.2) is 43.6 Å². The van der Waals surface area contributed by atoms with Crippen molar-refractivity contribution in [2.24, 2.45) is 5.73 Å². The number of aryl methyl sites for hydroxylation is 1. The molecular formula is C14H22ClN3O2. The van der Waals surface area contributed by atoms with Gasteiger partial charge in [0.2, 0.25) is 5.91 Å². The molecule has 5 nitrogen and oxygen atoms in total. The Kier molecular flexibility index (Phi) is 6.26. The summed E-state index contributed by atoms with van der Waals surface area (Å²) < 4.78 is 5.24. The van der Waals surface area contributed by atoms with E-state index in [1.165, 1.54) is 0 Å². The lowest BCUT2D eigenvalue weighted by atomic mass is 10.2. The molecule has 20 heavy (non-hydrogen) atoms. The van der Waals surface area contributed by atoms with Gasteiger partial charge in [0.1, 0.15) is 5.75 Å². The average Bonchev–Trinajstić information content (AvgIpc) is 2.75. The number of ether oxygens (including phenoxy) is 1. The minimum atomic E-state index is -0.0296. The molecule has 1 amide bonds. The summed E-state index contributed by atoms with van der Waals surface area (Å²) in [5, 5.41) is 2.90. The molecule has 0 bridgehead atoms. The fourth-order valence-corrected chi connectivity index (χ4v) is 2.32. The monoisotopic (exact) mass is 299 g/mol. The summed E-state index contributed by atoms with van der Waals surface area (Å²) in [4.78, 5) is 14.1. The number of halogens is 1. The highest BCUT2D eigenvalue weighted by Gasteiger charge is 2.21. The van der Waals surface area contributed by atoms with E-state index < -0.39 is 0 Å². The summed E-state index contributed by atoms with van der Waals surface area (Å²) in [5.74, 6) is 0.648. The first-order chi connectivity index (χ1) is 9.08. The first-order valence-electron chi connectivity index (χ1n) is 6.51. The lowest BCUT2D eigenvalue weighted by molar-refractivity contribution is -0.117. The summed E-state index contributed by atoms with van der Waals surface area (Å²) in [6, 6.07) is 5.92. The summed E-state index contributed by atoms with van der Waals surface area (Å²) in [5.41, 5.74) is 7.63. The van der Waals surface area contributed by atoms with Gasteiger partial charge >= 0.3 is 0 Å². The second kappa shape index (κ2) is 7.47. The van der Waals surface area contributed by atoms with Gasteiger partial charge < -0.3 is 15.8 Å². The van der Waals surface area contributed by atoms with Crippen molar-refractivity contribution in [2.75, 3.05) is 32.1 Å². The highest BCUT2D eigenvalue weighted by Crippen LogP contribution is 2.25. The quantitative estimate of drug-likeness (QED) is 0.882. The molecule has 0 saturated carbocycles. The maximum absolute atomic E-state index is 12.0. The van der Waals surface area contributed by atoms with Gasteiger partial charge in [0.25, 0.3) is 0 Å². The highest BCUT2D eigenvalue weighted by molar-refractivity contribution is 5.93. The molecular weight excluding hydrogens is 278 g/mol. The van der Waals surface area contributed by atoms with Crippen LogP contribution in [0.1, 0.15) is 12.0 Å². The molecule has 0 aliphatic carbocycles. The molecule has 1 aliphatic rings. The van der Waals surface area contributed by atoms with E-state index >= 15 is 0 Å². The minimum absolute atomic E-state index is 0. The molecule has 6 heteroatoms. The van der Waals surface area contributed by atoms with E-state index in [1.54, 1.807) is 7.11 Å². The number of likely N-dealkylation sites (tertiary alicyclic amines) is 1. The normalized spacial score (nSPS) is 18.4. The fraction of sp³-hybridized carbons (Fsp3) is 0.500. The number of hydrogen-bond acceptors (Lipinski definition) is 4. The van der Waals surface area contributed by atoms with Crippen LogP contribution in [0.3, 0.4) is 0 Å². The first kappa shape index (κ1) is 16.8. The Morgan fingerprint density at radius 3 is 2.90 bits per heavy atom. The molecule has 112 valence electrons. The molecule has 0 spiro atoms. The van der Waals surface area contributed by atoms with Gasteiger partial charge in [-0.05, 0) is 31.0 Å². The molecule has 1 aliphatic heterocycles. The predicted octanol–water partition coefficient (Wildman–Crippen LogP) is 1.40. The van der Waals surface area contributed by atoms with E-state index in [4.69, 9.17) is 10.5 Å².